The molecule has 0 amide bonds. The molecule has 0 spiro atoms. The van der Waals surface area contributed by atoms with Gasteiger partial charge in [0.05, 0.1) is 4.90 Å². The van der Waals surface area contributed by atoms with Crippen molar-refractivity contribution in [2.24, 2.45) is 5.14 Å². The zero-order valence-electron chi connectivity index (χ0n) is 15.1. The normalized spacial score (nSPS) is 11.3. The van der Waals surface area contributed by atoms with E-state index in [2.05, 4.69) is 17.6 Å². The van der Waals surface area contributed by atoms with Gasteiger partial charge in [-0.2, -0.15) is 0 Å². The molecule has 0 atom stereocenters. The van der Waals surface area contributed by atoms with E-state index in [4.69, 9.17) is 17.4 Å². The van der Waals surface area contributed by atoms with Gasteiger partial charge in [0.15, 0.2) is 5.11 Å². The first-order valence-corrected chi connectivity index (χ1v) is 11.1. The summed E-state index contributed by atoms with van der Waals surface area (Å²) in [5.74, 6) is 0. The van der Waals surface area contributed by atoms with Crippen LogP contribution in [0.15, 0.2) is 29.2 Å². The first-order valence-electron chi connectivity index (χ1n) is 9.11. The van der Waals surface area contributed by atoms with E-state index in [1.807, 2.05) is 0 Å². The molecule has 0 saturated heterocycles. The third-order valence-electron chi connectivity index (χ3n) is 4.01. The highest BCUT2D eigenvalue weighted by atomic mass is 32.2. The minimum absolute atomic E-state index is 0.0895. The summed E-state index contributed by atoms with van der Waals surface area (Å²) in [6.07, 6.45) is 11.7. The molecule has 0 heterocycles. The largest absolute Gasteiger partial charge is 0.362 e. The predicted molar refractivity (Wildman–Crippen MR) is 109 cm³/mol. The summed E-state index contributed by atoms with van der Waals surface area (Å²) in [4.78, 5) is 0.0895. The number of anilines is 1. The Morgan fingerprint density at radius 1 is 0.960 bits per heavy atom. The summed E-state index contributed by atoms with van der Waals surface area (Å²) in [5.41, 5.74) is 0.733. The first kappa shape index (κ1) is 21.9. The summed E-state index contributed by atoms with van der Waals surface area (Å²) in [6.45, 7) is 3.09. The van der Waals surface area contributed by atoms with Crippen molar-refractivity contribution < 1.29 is 8.42 Å². The van der Waals surface area contributed by atoms with Crippen LogP contribution in [0.5, 0.6) is 0 Å². The molecule has 0 radical (unpaired) electrons. The molecule has 0 aliphatic heterocycles. The molecule has 0 aliphatic rings. The number of nitrogens with two attached hydrogens (primary N) is 1. The van der Waals surface area contributed by atoms with E-state index < -0.39 is 10.0 Å². The molecule has 0 aromatic heterocycles. The maximum absolute atomic E-state index is 11.2. The maximum Gasteiger partial charge on any atom is 0.238 e. The molecule has 0 aliphatic carbocycles. The Morgan fingerprint density at radius 3 is 2.00 bits per heavy atom. The third-order valence-corrected chi connectivity index (χ3v) is 5.18. The Bertz CT molecular complexity index is 601. The standard InChI is InChI=1S/C18H31N3O2S2/c1-2-3-4-5-6-7-8-9-10-15-20-18(24)21-16-11-13-17(14-12-16)25(19,22)23/h11-14H,2-10,15H2,1H3,(H2,19,22,23)(H2,20,21,24). The van der Waals surface area contributed by atoms with Gasteiger partial charge in [-0.05, 0) is 42.9 Å². The summed E-state index contributed by atoms with van der Waals surface area (Å²) in [7, 11) is -3.66. The SMILES string of the molecule is CCCCCCCCCCCNC(=S)Nc1ccc(S(N)(=O)=O)cc1. The highest BCUT2D eigenvalue weighted by Gasteiger charge is 2.06. The van der Waals surface area contributed by atoms with Crippen LogP contribution < -0.4 is 15.8 Å². The van der Waals surface area contributed by atoms with E-state index in [1.165, 1.54) is 63.5 Å². The number of benzene rings is 1. The topological polar surface area (TPSA) is 84.2 Å². The number of hydrogen-bond donors (Lipinski definition) is 3. The number of primary sulfonamides is 1. The second kappa shape index (κ2) is 12.2. The molecule has 7 heteroatoms. The number of hydrogen-bond acceptors (Lipinski definition) is 3. The van der Waals surface area contributed by atoms with Crippen LogP contribution in [0.2, 0.25) is 0 Å². The molecule has 25 heavy (non-hydrogen) atoms. The molecule has 142 valence electrons. The van der Waals surface area contributed by atoms with Gasteiger partial charge in [0.1, 0.15) is 0 Å². The summed E-state index contributed by atoms with van der Waals surface area (Å²) >= 11 is 5.24. The monoisotopic (exact) mass is 385 g/mol. The smallest absolute Gasteiger partial charge is 0.238 e. The molecular weight excluding hydrogens is 354 g/mol. The Kier molecular flexibility index (Phi) is 10.7. The van der Waals surface area contributed by atoms with Gasteiger partial charge < -0.3 is 10.6 Å². The molecule has 1 rings (SSSR count). The van der Waals surface area contributed by atoms with Crippen molar-refractivity contribution in [3.8, 4) is 0 Å². The minimum atomic E-state index is -3.66. The van der Waals surface area contributed by atoms with Crippen LogP contribution in [0, 0.1) is 0 Å². The lowest BCUT2D eigenvalue weighted by Gasteiger charge is -2.10. The van der Waals surface area contributed by atoms with Gasteiger partial charge in [-0.25, -0.2) is 13.6 Å². The second-order valence-corrected chi connectivity index (χ2v) is 8.25. The van der Waals surface area contributed by atoms with E-state index in [1.54, 1.807) is 12.1 Å². The Hall–Kier alpha value is -1.18. The molecular formula is C18H31N3O2S2. The fourth-order valence-electron chi connectivity index (χ4n) is 2.54. The van der Waals surface area contributed by atoms with Crippen molar-refractivity contribution >= 4 is 33.0 Å². The fraction of sp³-hybridized carbons (Fsp3) is 0.611. The van der Waals surface area contributed by atoms with Crippen molar-refractivity contribution in [2.45, 2.75) is 69.6 Å². The molecule has 1 aromatic carbocycles. The van der Waals surface area contributed by atoms with Gasteiger partial charge in [-0.1, -0.05) is 58.3 Å². The van der Waals surface area contributed by atoms with Crippen LogP contribution in [0.25, 0.3) is 0 Å². The quantitative estimate of drug-likeness (QED) is 0.372. The van der Waals surface area contributed by atoms with Crippen LogP contribution in [0.3, 0.4) is 0 Å². The summed E-state index contributed by atoms with van der Waals surface area (Å²) in [5, 5.41) is 11.8. The third kappa shape index (κ3) is 10.4. The van der Waals surface area contributed by atoms with E-state index in [0.29, 0.717) is 5.11 Å². The number of unbranched alkanes of at least 4 members (excludes halogenated alkanes) is 8. The fourth-order valence-corrected chi connectivity index (χ4v) is 3.28. The number of nitrogens with one attached hydrogen (secondary N) is 2. The lowest BCUT2D eigenvalue weighted by Crippen LogP contribution is -2.29. The van der Waals surface area contributed by atoms with Gasteiger partial charge in [0, 0.05) is 12.2 Å². The number of sulfonamides is 1. The van der Waals surface area contributed by atoms with E-state index >= 15 is 0 Å². The van der Waals surface area contributed by atoms with Gasteiger partial charge in [0.2, 0.25) is 10.0 Å². The lowest BCUT2D eigenvalue weighted by atomic mass is 10.1. The molecule has 4 N–H and O–H groups in total. The first-order chi connectivity index (χ1) is 11.9. The lowest BCUT2D eigenvalue weighted by molar-refractivity contribution is 0.563. The average molecular weight is 386 g/mol. The highest BCUT2D eigenvalue weighted by Crippen LogP contribution is 2.12. The molecule has 0 unspecified atom stereocenters. The zero-order chi connectivity index (χ0) is 18.5. The van der Waals surface area contributed by atoms with Crippen LogP contribution in [-0.4, -0.2) is 20.1 Å². The van der Waals surface area contributed by atoms with Crippen molar-refractivity contribution in [3.63, 3.8) is 0 Å². The van der Waals surface area contributed by atoms with Crippen molar-refractivity contribution in [2.75, 3.05) is 11.9 Å². The minimum Gasteiger partial charge on any atom is -0.362 e. The molecule has 5 nitrogen and oxygen atoms in total. The average Bonchev–Trinajstić information content (AvgIpc) is 2.56. The number of rotatable bonds is 12. The van der Waals surface area contributed by atoms with Crippen LogP contribution in [0.4, 0.5) is 5.69 Å². The van der Waals surface area contributed by atoms with Crippen molar-refractivity contribution in [3.05, 3.63) is 24.3 Å². The van der Waals surface area contributed by atoms with Gasteiger partial charge >= 0.3 is 0 Å². The summed E-state index contributed by atoms with van der Waals surface area (Å²) < 4.78 is 22.4. The maximum atomic E-state index is 11.2. The zero-order valence-corrected chi connectivity index (χ0v) is 16.7. The second-order valence-electron chi connectivity index (χ2n) is 6.28. The van der Waals surface area contributed by atoms with Gasteiger partial charge in [-0.3, -0.25) is 0 Å². The number of thiocarbonyl (C=S) groups is 1. The predicted octanol–water partition coefficient (Wildman–Crippen LogP) is 4.15. The molecule has 0 fully saturated rings. The molecule has 1 aromatic rings. The van der Waals surface area contributed by atoms with Crippen LogP contribution in [0.1, 0.15) is 64.7 Å². The van der Waals surface area contributed by atoms with Crippen molar-refractivity contribution in [1.29, 1.82) is 0 Å². The van der Waals surface area contributed by atoms with Crippen LogP contribution in [-0.2, 0) is 10.0 Å². The summed E-state index contributed by atoms with van der Waals surface area (Å²) in [6, 6.07) is 6.21. The van der Waals surface area contributed by atoms with E-state index in [-0.39, 0.29) is 4.90 Å². The van der Waals surface area contributed by atoms with Crippen molar-refractivity contribution in [1.82, 2.24) is 5.32 Å². The molecule has 0 saturated carbocycles. The highest BCUT2D eigenvalue weighted by molar-refractivity contribution is 7.89. The van der Waals surface area contributed by atoms with Gasteiger partial charge in [0.25, 0.3) is 0 Å². The molecule has 0 bridgehead atoms. The Morgan fingerprint density at radius 2 is 1.48 bits per heavy atom. The Labute approximate surface area is 157 Å². The van der Waals surface area contributed by atoms with Gasteiger partial charge in [-0.15, -0.1) is 0 Å². The van der Waals surface area contributed by atoms with E-state index in [9.17, 15) is 8.42 Å². The Balaban J connectivity index is 2.09. The van der Waals surface area contributed by atoms with Crippen LogP contribution >= 0.6 is 12.2 Å². The van der Waals surface area contributed by atoms with E-state index in [0.717, 1.165) is 18.7 Å².